The molecule has 1 aliphatic rings. The van der Waals surface area contributed by atoms with Crippen molar-refractivity contribution in [2.75, 3.05) is 12.0 Å². The van der Waals surface area contributed by atoms with Crippen LogP contribution in [-0.2, 0) is 16.0 Å². The van der Waals surface area contributed by atoms with E-state index in [0.29, 0.717) is 23.3 Å². The molecule has 34 heavy (non-hydrogen) atoms. The summed E-state index contributed by atoms with van der Waals surface area (Å²) in [6.07, 6.45) is 1.69. The summed E-state index contributed by atoms with van der Waals surface area (Å²) in [5.41, 5.74) is 1.71. The summed E-state index contributed by atoms with van der Waals surface area (Å²) in [6, 6.07) is 15.3. The predicted octanol–water partition coefficient (Wildman–Crippen LogP) is 5.35. The number of anilines is 1. The van der Waals surface area contributed by atoms with Gasteiger partial charge in [-0.25, -0.2) is 14.1 Å². The summed E-state index contributed by atoms with van der Waals surface area (Å²) in [7, 11) is 1.49. The molecule has 4 amide bonds. The van der Waals surface area contributed by atoms with Gasteiger partial charge in [-0.05, 0) is 70.1 Å². The van der Waals surface area contributed by atoms with Crippen molar-refractivity contribution in [1.82, 2.24) is 5.32 Å². The molecular weight excluding hydrogens is 574 g/mol. The second-order valence-electron chi connectivity index (χ2n) is 7.36. The molecule has 6 nitrogen and oxygen atoms in total. The predicted molar refractivity (Wildman–Crippen MR) is 135 cm³/mol. The van der Waals surface area contributed by atoms with Crippen LogP contribution in [-0.4, -0.2) is 25.0 Å². The van der Waals surface area contributed by atoms with Gasteiger partial charge in [-0.1, -0.05) is 41.9 Å². The van der Waals surface area contributed by atoms with E-state index in [-0.39, 0.29) is 22.1 Å². The highest BCUT2D eigenvalue weighted by Gasteiger charge is 2.37. The summed E-state index contributed by atoms with van der Waals surface area (Å²) in [5, 5.41) is 2.36. The Morgan fingerprint density at radius 3 is 2.50 bits per heavy atom. The van der Waals surface area contributed by atoms with E-state index in [1.165, 1.54) is 25.3 Å². The zero-order chi connectivity index (χ0) is 24.4. The smallest absolute Gasteiger partial charge is 0.335 e. The minimum atomic E-state index is -0.882. The number of halogens is 3. The van der Waals surface area contributed by atoms with E-state index >= 15 is 0 Å². The lowest BCUT2D eigenvalue weighted by Gasteiger charge is -2.27. The van der Waals surface area contributed by atoms with Gasteiger partial charge in [-0.2, -0.15) is 0 Å². The first-order chi connectivity index (χ1) is 16.3. The Hall–Kier alpha value is -3.24. The number of hydrogen-bond donors (Lipinski definition) is 1. The third kappa shape index (κ3) is 4.69. The average molecular weight is 591 g/mol. The van der Waals surface area contributed by atoms with Crippen LogP contribution in [0.1, 0.15) is 16.7 Å². The SMILES string of the molecule is COc1cc(/C=C2\C(=O)NC(=O)N(c3ccccc3Cl)C2=O)cc(I)c1Cc1ccccc1F. The summed E-state index contributed by atoms with van der Waals surface area (Å²) in [5.74, 6) is -1.46. The third-order valence-corrected chi connectivity index (χ3v) is 6.51. The molecule has 1 saturated heterocycles. The van der Waals surface area contributed by atoms with Crippen molar-refractivity contribution in [3.05, 3.63) is 97.3 Å². The fourth-order valence-electron chi connectivity index (χ4n) is 3.58. The largest absolute Gasteiger partial charge is 0.496 e. The fraction of sp³-hybridized carbons (Fsp3) is 0.0800. The normalized spacial score (nSPS) is 15.0. The van der Waals surface area contributed by atoms with E-state index in [0.717, 1.165) is 14.0 Å². The van der Waals surface area contributed by atoms with Gasteiger partial charge in [0.15, 0.2) is 0 Å². The minimum absolute atomic E-state index is 0.164. The van der Waals surface area contributed by atoms with Crippen molar-refractivity contribution in [3.8, 4) is 5.75 Å². The van der Waals surface area contributed by atoms with Gasteiger partial charge in [0.25, 0.3) is 11.8 Å². The molecule has 0 unspecified atom stereocenters. The summed E-state index contributed by atoms with van der Waals surface area (Å²) in [6.45, 7) is 0. The maximum Gasteiger partial charge on any atom is 0.335 e. The molecule has 3 aromatic rings. The number of barbiturate groups is 1. The lowest BCUT2D eigenvalue weighted by atomic mass is 10.00. The van der Waals surface area contributed by atoms with E-state index in [2.05, 4.69) is 27.9 Å². The van der Waals surface area contributed by atoms with E-state index in [1.54, 1.807) is 48.5 Å². The van der Waals surface area contributed by atoms with E-state index < -0.39 is 17.8 Å². The number of methoxy groups -OCH3 is 1. The molecular formula is C25H17ClFIN2O4. The fourth-order valence-corrected chi connectivity index (χ4v) is 4.61. The number of carbonyl (C=O) groups is 3. The van der Waals surface area contributed by atoms with Crippen LogP contribution in [0, 0.1) is 9.39 Å². The second-order valence-corrected chi connectivity index (χ2v) is 8.93. The van der Waals surface area contributed by atoms with Gasteiger partial charge in [-0.15, -0.1) is 0 Å². The first-order valence-corrected chi connectivity index (χ1v) is 11.5. The van der Waals surface area contributed by atoms with Gasteiger partial charge in [0, 0.05) is 15.6 Å². The Balaban J connectivity index is 1.73. The maximum atomic E-state index is 14.2. The molecule has 1 fully saturated rings. The standard InChI is InChI=1S/C25H17ClFIN2O4/c1-34-22-12-14(11-20(28)16(22)13-15-6-2-4-8-19(15)27)10-17-23(31)29-25(33)30(24(17)32)21-9-5-3-7-18(21)26/h2-12H,13H2,1H3,(H,29,31,33)/b17-10+. The molecule has 0 aliphatic carbocycles. The summed E-state index contributed by atoms with van der Waals surface area (Å²) < 4.78 is 20.5. The molecule has 1 aliphatic heterocycles. The number of rotatable bonds is 5. The average Bonchev–Trinajstić information content (AvgIpc) is 2.80. The number of hydrogen-bond acceptors (Lipinski definition) is 4. The molecule has 3 aromatic carbocycles. The molecule has 1 heterocycles. The Bertz CT molecular complexity index is 1360. The Morgan fingerprint density at radius 1 is 1.09 bits per heavy atom. The number of para-hydroxylation sites is 1. The van der Waals surface area contributed by atoms with E-state index in [1.807, 2.05) is 0 Å². The van der Waals surface area contributed by atoms with E-state index in [9.17, 15) is 18.8 Å². The molecule has 0 bridgehead atoms. The quantitative estimate of drug-likeness (QED) is 0.247. The van der Waals surface area contributed by atoms with Crippen LogP contribution < -0.4 is 15.0 Å². The van der Waals surface area contributed by atoms with Crippen LogP contribution in [0.15, 0.2) is 66.2 Å². The number of nitrogens with zero attached hydrogens (tertiary/aromatic N) is 1. The molecule has 0 radical (unpaired) electrons. The third-order valence-electron chi connectivity index (χ3n) is 5.23. The second kappa shape index (κ2) is 9.94. The molecule has 0 spiro atoms. The van der Waals surface area contributed by atoms with Gasteiger partial charge in [0.05, 0.1) is 17.8 Å². The van der Waals surface area contributed by atoms with Crippen molar-refractivity contribution < 1.29 is 23.5 Å². The van der Waals surface area contributed by atoms with E-state index in [4.69, 9.17) is 16.3 Å². The monoisotopic (exact) mass is 590 g/mol. The molecule has 9 heteroatoms. The number of imide groups is 2. The van der Waals surface area contributed by atoms with Crippen molar-refractivity contribution in [2.24, 2.45) is 0 Å². The highest BCUT2D eigenvalue weighted by Crippen LogP contribution is 2.32. The van der Waals surface area contributed by atoms with Crippen molar-refractivity contribution in [2.45, 2.75) is 6.42 Å². The molecule has 0 atom stereocenters. The zero-order valence-electron chi connectivity index (χ0n) is 17.8. The van der Waals surface area contributed by atoms with Crippen molar-refractivity contribution in [3.63, 3.8) is 0 Å². The lowest BCUT2D eigenvalue weighted by Crippen LogP contribution is -2.54. The molecule has 1 N–H and O–H groups in total. The Morgan fingerprint density at radius 2 is 1.79 bits per heavy atom. The van der Waals surface area contributed by atoms with Crippen LogP contribution in [0.25, 0.3) is 6.08 Å². The minimum Gasteiger partial charge on any atom is -0.496 e. The number of carbonyl (C=O) groups excluding carboxylic acids is 3. The Labute approximate surface area is 213 Å². The van der Waals surface area contributed by atoms with Crippen molar-refractivity contribution in [1.29, 1.82) is 0 Å². The van der Waals surface area contributed by atoms with Gasteiger partial charge in [-0.3, -0.25) is 14.9 Å². The number of nitrogens with one attached hydrogen (secondary N) is 1. The molecule has 4 rings (SSSR count). The number of benzene rings is 3. The number of ether oxygens (including phenoxy) is 1. The van der Waals surface area contributed by atoms with Crippen LogP contribution in [0.5, 0.6) is 5.75 Å². The number of amides is 4. The summed E-state index contributed by atoms with van der Waals surface area (Å²) in [4.78, 5) is 38.9. The summed E-state index contributed by atoms with van der Waals surface area (Å²) >= 11 is 8.27. The topological polar surface area (TPSA) is 75.7 Å². The maximum absolute atomic E-state index is 14.2. The van der Waals surface area contributed by atoms with Gasteiger partial charge in [0.2, 0.25) is 0 Å². The van der Waals surface area contributed by atoms with Crippen LogP contribution in [0.2, 0.25) is 5.02 Å². The Kier molecular flexibility index (Phi) is 6.99. The first-order valence-electron chi connectivity index (χ1n) is 10.1. The van der Waals surface area contributed by atoms with Crippen LogP contribution in [0.3, 0.4) is 0 Å². The van der Waals surface area contributed by atoms with Crippen molar-refractivity contribution >= 4 is 63.8 Å². The number of urea groups is 1. The van der Waals surface area contributed by atoms with Crippen LogP contribution in [0.4, 0.5) is 14.9 Å². The zero-order valence-corrected chi connectivity index (χ0v) is 20.7. The lowest BCUT2D eigenvalue weighted by molar-refractivity contribution is -0.122. The molecule has 0 aromatic heterocycles. The molecule has 172 valence electrons. The first kappa shape index (κ1) is 23.9. The highest BCUT2D eigenvalue weighted by molar-refractivity contribution is 14.1. The van der Waals surface area contributed by atoms with Crippen LogP contribution >= 0.6 is 34.2 Å². The highest BCUT2D eigenvalue weighted by atomic mass is 127. The van der Waals surface area contributed by atoms with Gasteiger partial charge < -0.3 is 4.74 Å². The molecule has 0 saturated carbocycles. The van der Waals surface area contributed by atoms with Gasteiger partial charge >= 0.3 is 6.03 Å². The van der Waals surface area contributed by atoms with Gasteiger partial charge in [0.1, 0.15) is 17.1 Å².